The van der Waals surface area contributed by atoms with Crippen LogP contribution in [-0.4, -0.2) is 34.2 Å². The Bertz CT molecular complexity index is 481. The second-order valence-electron chi connectivity index (χ2n) is 4.27. The molecule has 0 saturated carbocycles. The van der Waals surface area contributed by atoms with Gasteiger partial charge in [0.15, 0.2) is 0 Å². The quantitative estimate of drug-likeness (QED) is 0.799. The highest BCUT2D eigenvalue weighted by molar-refractivity contribution is 7.89. The second kappa shape index (κ2) is 5.69. The molecule has 0 bridgehead atoms. The molecule has 1 heterocycles. The summed E-state index contributed by atoms with van der Waals surface area (Å²) in [6.45, 7) is 4.07. The molecule has 1 aromatic rings. The lowest BCUT2D eigenvalue weighted by Crippen LogP contribution is -2.50. The molecule has 0 aliphatic carbocycles. The summed E-state index contributed by atoms with van der Waals surface area (Å²) < 4.78 is 31.8. The van der Waals surface area contributed by atoms with E-state index < -0.39 is 10.0 Å². The van der Waals surface area contributed by atoms with Crippen molar-refractivity contribution in [2.45, 2.75) is 24.3 Å². The van der Waals surface area contributed by atoms with Crippen molar-refractivity contribution in [3.63, 3.8) is 0 Å². The van der Waals surface area contributed by atoms with Gasteiger partial charge in [0, 0.05) is 19.6 Å². The van der Waals surface area contributed by atoms with Gasteiger partial charge in [-0.15, -0.1) is 0 Å². The smallest absolute Gasteiger partial charge is 0.240 e. The highest BCUT2D eigenvalue weighted by Crippen LogP contribution is 2.17. The van der Waals surface area contributed by atoms with Crippen LogP contribution in [0.15, 0.2) is 29.2 Å². The lowest BCUT2D eigenvalue weighted by molar-refractivity contribution is 0.142. The van der Waals surface area contributed by atoms with Crippen molar-refractivity contribution in [3.8, 4) is 5.75 Å². The molecule has 2 N–H and O–H groups in total. The summed E-state index contributed by atoms with van der Waals surface area (Å²) >= 11 is 0. The van der Waals surface area contributed by atoms with Crippen LogP contribution < -0.4 is 14.8 Å². The molecule has 1 fully saturated rings. The monoisotopic (exact) mass is 270 g/mol. The summed E-state index contributed by atoms with van der Waals surface area (Å²) in [6.07, 6.45) is 0.973. The molecule has 1 saturated heterocycles. The van der Waals surface area contributed by atoms with E-state index in [1.54, 1.807) is 24.3 Å². The van der Waals surface area contributed by atoms with E-state index in [4.69, 9.17) is 4.74 Å². The van der Waals surface area contributed by atoms with E-state index >= 15 is 0 Å². The maximum Gasteiger partial charge on any atom is 0.240 e. The second-order valence-corrected chi connectivity index (χ2v) is 6.03. The normalized spacial score (nSPS) is 16.3. The summed E-state index contributed by atoms with van der Waals surface area (Å²) in [7, 11) is -3.38. The number of ether oxygens (including phenoxy) is 1. The Morgan fingerprint density at radius 2 is 2.00 bits per heavy atom. The zero-order valence-corrected chi connectivity index (χ0v) is 11.2. The fourth-order valence-electron chi connectivity index (χ4n) is 1.56. The van der Waals surface area contributed by atoms with E-state index in [2.05, 4.69) is 10.0 Å². The van der Waals surface area contributed by atoms with E-state index in [9.17, 15) is 8.42 Å². The predicted molar refractivity (Wildman–Crippen MR) is 69.2 cm³/mol. The maximum absolute atomic E-state index is 11.8. The zero-order chi connectivity index (χ0) is 13.0. The van der Waals surface area contributed by atoms with Crippen LogP contribution in [0.25, 0.3) is 0 Å². The van der Waals surface area contributed by atoms with Gasteiger partial charge in [-0.3, -0.25) is 0 Å². The van der Waals surface area contributed by atoms with Crippen molar-refractivity contribution in [2.24, 2.45) is 0 Å². The Kier molecular flexibility index (Phi) is 4.21. The Morgan fingerprint density at radius 1 is 1.33 bits per heavy atom. The van der Waals surface area contributed by atoms with Gasteiger partial charge in [0.25, 0.3) is 0 Å². The highest BCUT2D eigenvalue weighted by atomic mass is 32.2. The van der Waals surface area contributed by atoms with Gasteiger partial charge in [0.1, 0.15) is 11.9 Å². The minimum atomic E-state index is -3.38. The third-order valence-corrected chi connectivity index (χ3v) is 4.20. The summed E-state index contributed by atoms with van der Waals surface area (Å²) in [6, 6.07) is 6.52. The molecule has 1 aliphatic rings. The van der Waals surface area contributed by atoms with Gasteiger partial charge >= 0.3 is 0 Å². The fourth-order valence-corrected chi connectivity index (χ4v) is 2.69. The molecular weight excluding hydrogens is 252 g/mol. The van der Waals surface area contributed by atoms with Gasteiger partial charge in [-0.25, -0.2) is 13.1 Å². The van der Waals surface area contributed by atoms with E-state index in [0.29, 0.717) is 12.3 Å². The van der Waals surface area contributed by atoms with Crippen molar-refractivity contribution in [1.82, 2.24) is 10.0 Å². The first-order chi connectivity index (χ1) is 8.62. The molecule has 0 radical (unpaired) electrons. The first-order valence-corrected chi connectivity index (χ1v) is 7.57. The van der Waals surface area contributed by atoms with Gasteiger partial charge < -0.3 is 10.1 Å². The van der Waals surface area contributed by atoms with Gasteiger partial charge in [0.05, 0.1) is 4.90 Å². The average molecular weight is 270 g/mol. The van der Waals surface area contributed by atoms with E-state index in [1.165, 1.54) is 0 Å². The molecule has 0 atom stereocenters. The third kappa shape index (κ3) is 3.22. The van der Waals surface area contributed by atoms with Crippen molar-refractivity contribution >= 4 is 10.0 Å². The lowest BCUT2D eigenvalue weighted by Gasteiger charge is -2.27. The summed E-state index contributed by atoms with van der Waals surface area (Å²) in [5, 5.41) is 3.11. The minimum Gasteiger partial charge on any atom is -0.488 e. The maximum atomic E-state index is 11.8. The molecule has 6 heteroatoms. The number of sulfonamides is 1. The summed E-state index contributed by atoms with van der Waals surface area (Å²) in [4.78, 5) is 0.273. The molecule has 0 amide bonds. The Hall–Kier alpha value is -1.11. The SMILES string of the molecule is CCCNS(=O)(=O)c1ccc(OC2CNC2)cc1. The average Bonchev–Trinajstić information content (AvgIpc) is 2.32. The molecule has 0 unspecified atom stereocenters. The van der Waals surface area contributed by atoms with Crippen LogP contribution in [0, 0.1) is 0 Å². The van der Waals surface area contributed by atoms with E-state index in [1.807, 2.05) is 6.92 Å². The molecule has 1 aromatic carbocycles. The van der Waals surface area contributed by atoms with Crippen LogP contribution >= 0.6 is 0 Å². The topological polar surface area (TPSA) is 67.4 Å². The van der Waals surface area contributed by atoms with Crippen molar-refractivity contribution in [2.75, 3.05) is 19.6 Å². The van der Waals surface area contributed by atoms with Crippen molar-refractivity contribution < 1.29 is 13.2 Å². The van der Waals surface area contributed by atoms with Crippen LogP contribution in [-0.2, 0) is 10.0 Å². The fraction of sp³-hybridized carbons (Fsp3) is 0.500. The van der Waals surface area contributed by atoms with Crippen LogP contribution in [0.5, 0.6) is 5.75 Å². The Morgan fingerprint density at radius 3 is 2.50 bits per heavy atom. The Balaban J connectivity index is 2.01. The molecule has 2 rings (SSSR count). The van der Waals surface area contributed by atoms with Gasteiger partial charge in [-0.05, 0) is 30.7 Å². The molecule has 1 aliphatic heterocycles. The van der Waals surface area contributed by atoms with Crippen LogP contribution in [0.4, 0.5) is 0 Å². The number of nitrogens with one attached hydrogen (secondary N) is 2. The third-order valence-electron chi connectivity index (χ3n) is 2.72. The number of hydrogen-bond donors (Lipinski definition) is 2. The van der Waals surface area contributed by atoms with Gasteiger partial charge in [-0.2, -0.15) is 0 Å². The van der Waals surface area contributed by atoms with Crippen molar-refractivity contribution in [3.05, 3.63) is 24.3 Å². The van der Waals surface area contributed by atoms with Gasteiger partial charge in [0.2, 0.25) is 10.0 Å². The summed E-state index contributed by atoms with van der Waals surface area (Å²) in [5.41, 5.74) is 0. The first-order valence-electron chi connectivity index (χ1n) is 6.09. The van der Waals surface area contributed by atoms with Gasteiger partial charge in [-0.1, -0.05) is 6.92 Å². The van der Waals surface area contributed by atoms with Crippen LogP contribution in [0.3, 0.4) is 0 Å². The predicted octanol–water partition coefficient (Wildman–Crippen LogP) is 0.725. The molecule has 18 heavy (non-hydrogen) atoms. The standard InChI is InChI=1S/C12H18N2O3S/c1-2-7-14-18(15,16)12-5-3-10(4-6-12)17-11-8-13-9-11/h3-6,11,13-14H,2,7-9H2,1H3. The van der Waals surface area contributed by atoms with E-state index in [-0.39, 0.29) is 11.0 Å². The highest BCUT2D eigenvalue weighted by Gasteiger charge is 2.18. The number of benzene rings is 1. The van der Waals surface area contributed by atoms with Crippen LogP contribution in [0.1, 0.15) is 13.3 Å². The molecule has 0 aromatic heterocycles. The van der Waals surface area contributed by atoms with E-state index in [0.717, 1.165) is 19.5 Å². The molecule has 0 spiro atoms. The first kappa shape index (κ1) is 13.3. The lowest BCUT2D eigenvalue weighted by atomic mass is 10.2. The molecular formula is C12H18N2O3S. The number of hydrogen-bond acceptors (Lipinski definition) is 4. The van der Waals surface area contributed by atoms with Crippen molar-refractivity contribution in [1.29, 1.82) is 0 Å². The number of rotatable bonds is 6. The molecule has 5 nitrogen and oxygen atoms in total. The molecule has 100 valence electrons. The van der Waals surface area contributed by atoms with Crippen LogP contribution in [0.2, 0.25) is 0 Å². The minimum absolute atomic E-state index is 0.200. The summed E-state index contributed by atoms with van der Waals surface area (Å²) in [5.74, 6) is 0.705. The Labute approximate surface area is 108 Å². The largest absolute Gasteiger partial charge is 0.488 e. The zero-order valence-electron chi connectivity index (χ0n) is 10.3.